The molecule has 0 N–H and O–H groups in total. The monoisotopic (exact) mass is 560 g/mol. The Morgan fingerprint density at radius 2 is 1.75 bits per heavy atom. The van der Waals surface area contributed by atoms with Crippen LogP contribution >= 0.6 is 0 Å². The van der Waals surface area contributed by atoms with Gasteiger partial charge in [0.2, 0.25) is 0 Å². The summed E-state index contributed by atoms with van der Waals surface area (Å²) >= 11 is 0. The van der Waals surface area contributed by atoms with Gasteiger partial charge in [0.05, 0.1) is 11.3 Å². The summed E-state index contributed by atoms with van der Waals surface area (Å²) in [5.41, 5.74) is -0.153. The van der Waals surface area contributed by atoms with E-state index in [2.05, 4.69) is 17.0 Å². The number of aromatic nitrogens is 2. The van der Waals surface area contributed by atoms with Gasteiger partial charge in [-0.1, -0.05) is 30.3 Å². The lowest BCUT2D eigenvalue weighted by Crippen LogP contribution is -2.41. The van der Waals surface area contributed by atoms with Crippen LogP contribution in [0.2, 0.25) is 0 Å². The first-order chi connectivity index (χ1) is 18.8. The number of alkyl halides is 3. The third-order valence-electron chi connectivity index (χ3n) is 6.90. The minimum Gasteiger partial charge on any atom is -0.444 e. The minimum atomic E-state index is -4.81. The summed E-state index contributed by atoms with van der Waals surface area (Å²) < 4.78 is 61.6. The molecule has 0 saturated carbocycles. The van der Waals surface area contributed by atoms with Gasteiger partial charge in [0.15, 0.2) is 0 Å². The Balaban J connectivity index is 1.55. The van der Waals surface area contributed by atoms with E-state index in [0.29, 0.717) is 44.7 Å². The average molecular weight is 561 g/mol. The van der Waals surface area contributed by atoms with Crippen molar-refractivity contribution in [2.24, 2.45) is 0 Å². The molecule has 1 fully saturated rings. The third kappa shape index (κ3) is 7.62. The zero-order valence-electron chi connectivity index (χ0n) is 23.3. The van der Waals surface area contributed by atoms with Crippen LogP contribution in [0.25, 0.3) is 11.3 Å². The van der Waals surface area contributed by atoms with Crippen LogP contribution in [0.4, 0.5) is 22.4 Å². The molecule has 6 nitrogen and oxygen atoms in total. The largest absolute Gasteiger partial charge is 0.444 e. The van der Waals surface area contributed by atoms with E-state index in [1.807, 2.05) is 50.6 Å². The molecule has 1 amide bonds. The number of piperidine rings is 1. The number of nitrogens with zero attached hydrogens (tertiary/aromatic N) is 4. The number of ether oxygens (including phenoxy) is 1. The molecule has 4 rings (SSSR count). The summed E-state index contributed by atoms with van der Waals surface area (Å²) in [6.07, 6.45) is -2.12. The smallest absolute Gasteiger partial charge is 0.419 e. The maximum absolute atomic E-state index is 14.0. The molecular weight excluding hydrogens is 524 g/mol. The molecule has 0 bridgehead atoms. The molecule has 0 radical (unpaired) electrons. The first kappa shape index (κ1) is 29.6. The van der Waals surface area contributed by atoms with Crippen LogP contribution in [0.1, 0.15) is 56.5 Å². The third-order valence-corrected chi connectivity index (χ3v) is 6.90. The summed E-state index contributed by atoms with van der Waals surface area (Å²) in [5.74, 6) is -0.549. The van der Waals surface area contributed by atoms with Crippen LogP contribution in [0.15, 0.2) is 54.7 Å². The van der Waals surface area contributed by atoms with Gasteiger partial charge in [-0.25, -0.2) is 14.2 Å². The van der Waals surface area contributed by atoms with Crippen LogP contribution in [0, 0.1) is 5.82 Å². The van der Waals surface area contributed by atoms with Crippen LogP contribution < -0.4 is 0 Å². The molecule has 40 heavy (non-hydrogen) atoms. The number of hydrogen-bond donors (Lipinski definition) is 0. The van der Waals surface area contributed by atoms with Crippen molar-refractivity contribution in [1.82, 2.24) is 19.4 Å². The van der Waals surface area contributed by atoms with E-state index in [4.69, 9.17) is 9.72 Å². The molecule has 10 heteroatoms. The van der Waals surface area contributed by atoms with Gasteiger partial charge >= 0.3 is 12.3 Å². The van der Waals surface area contributed by atoms with Crippen molar-refractivity contribution in [3.63, 3.8) is 0 Å². The Bertz CT molecular complexity index is 1290. The van der Waals surface area contributed by atoms with Crippen molar-refractivity contribution >= 4 is 6.09 Å². The van der Waals surface area contributed by atoms with Crippen molar-refractivity contribution in [3.8, 4) is 11.3 Å². The molecule has 1 aromatic heterocycles. The highest BCUT2D eigenvalue weighted by molar-refractivity contribution is 5.68. The maximum atomic E-state index is 14.0. The van der Waals surface area contributed by atoms with Gasteiger partial charge in [0.25, 0.3) is 0 Å². The zero-order valence-corrected chi connectivity index (χ0v) is 23.3. The highest BCUT2D eigenvalue weighted by Crippen LogP contribution is 2.35. The number of hydrogen-bond acceptors (Lipinski definition) is 4. The van der Waals surface area contributed by atoms with Crippen molar-refractivity contribution in [1.29, 1.82) is 0 Å². The lowest BCUT2D eigenvalue weighted by Gasteiger charge is -2.33. The van der Waals surface area contributed by atoms with Crippen molar-refractivity contribution in [2.45, 2.75) is 64.4 Å². The molecule has 2 aromatic carbocycles. The fraction of sp³-hybridized carbons (Fsp3) is 0.467. The molecule has 0 aliphatic carbocycles. The Hall–Kier alpha value is -3.40. The van der Waals surface area contributed by atoms with E-state index in [0.717, 1.165) is 24.5 Å². The Morgan fingerprint density at radius 1 is 1.07 bits per heavy atom. The number of rotatable bonds is 7. The molecule has 1 aliphatic heterocycles. The first-order valence-electron chi connectivity index (χ1n) is 13.4. The van der Waals surface area contributed by atoms with E-state index < -0.39 is 23.2 Å². The van der Waals surface area contributed by atoms with Gasteiger partial charge in [0, 0.05) is 50.4 Å². The zero-order chi connectivity index (χ0) is 29.1. The average Bonchev–Trinajstić information content (AvgIpc) is 3.31. The van der Waals surface area contributed by atoms with Crippen molar-refractivity contribution in [3.05, 3.63) is 77.5 Å². The number of halogens is 4. The van der Waals surface area contributed by atoms with Gasteiger partial charge < -0.3 is 19.1 Å². The van der Waals surface area contributed by atoms with Crippen molar-refractivity contribution in [2.75, 3.05) is 26.7 Å². The van der Waals surface area contributed by atoms with Crippen LogP contribution in [0.3, 0.4) is 0 Å². The quantitative estimate of drug-likeness (QED) is 0.294. The van der Waals surface area contributed by atoms with E-state index >= 15 is 0 Å². The Labute approximate surface area is 232 Å². The molecule has 2 heterocycles. The fourth-order valence-electron chi connectivity index (χ4n) is 4.88. The number of carbonyl (C=O) groups is 1. The van der Waals surface area contributed by atoms with E-state index in [1.165, 1.54) is 11.6 Å². The normalized spacial score (nSPS) is 15.1. The lowest BCUT2D eigenvalue weighted by atomic mass is 9.96. The summed E-state index contributed by atoms with van der Waals surface area (Å²) in [5, 5.41) is 0. The van der Waals surface area contributed by atoms with Gasteiger partial charge in [0.1, 0.15) is 17.2 Å². The molecule has 3 aromatic rings. The molecule has 1 saturated heterocycles. The van der Waals surface area contributed by atoms with Gasteiger partial charge in [-0.3, -0.25) is 0 Å². The predicted molar refractivity (Wildman–Crippen MR) is 145 cm³/mol. The number of carbonyl (C=O) groups excluding carboxylic acids is 1. The highest BCUT2D eigenvalue weighted by atomic mass is 19.4. The van der Waals surface area contributed by atoms with Crippen molar-refractivity contribution < 1.29 is 27.1 Å². The maximum Gasteiger partial charge on any atom is 0.419 e. The molecule has 216 valence electrons. The fourth-order valence-corrected chi connectivity index (χ4v) is 4.88. The van der Waals surface area contributed by atoms with E-state index in [-0.39, 0.29) is 17.6 Å². The highest BCUT2D eigenvalue weighted by Gasteiger charge is 2.35. The lowest BCUT2D eigenvalue weighted by molar-refractivity contribution is -0.139. The number of likely N-dealkylation sites (tertiary alicyclic amines) is 1. The first-order valence-corrected chi connectivity index (χ1v) is 13.4. The number of imidazole rings is 1. The van der Waals surface area contributed by atoms with Crippen LogP contribution in [-0.4, -0.2) is 57.7 Å². The topological polar surface area (TPSA) is 50.6 Å². The second kappa shape index (κ2) is 12.0. The minimum absolute atomic E-state index is 0.00870. The Morgan fingerprint density at radius 3 is 2.38 bits per heavy atom. The SMILES string of the molecule is CN(CCn1cc(-c2ccc(F)c(C(F)(F)F)c2)nc1C1CCN(C(=O)OC(C)(C)C)CC1)Cc1ccccc1. The van der Waals surface area contributed by atoms with Gasteiger partial charge in [-0.2, -0.15) is 13.2 Å². The summed E-state index contributed by atoms with van der Waals surface area (Å²) in [6, 6.07) is 13.0. The second-order valence-corrected chi connectivity index (χ2v) is 11.3. The molecule has 0 atom stereocenters. The van der Waals surface area contributed by atoms with Crippen LogP contribution in [-0.2, 0) is 24.0 Å². The molecule has 0 spiro atoms. The molecular formula is C30H36F4N4O2. The van der Waals surface area contributed by atoms with E-state index in [1.54, 1.807) is 11.1 Å². The van der Waals surface area contributed by atoms with Gasteiger partial charge in [-0.15, -0.1) is 0 Å². The number of likely N-dealkylation sites (N-methyl/N-ethyl adjacent to an activating group) is 1. The molecule has 1 aliphatic rings. The summed E-state index contributed by atoms with van der Waals surface area (Å²) in [6.45, 7) is 8.46. The van der Waals surface area contributed by atoms with Crippen LogP contribution in [0.5, 0.6) is 0 Å². The summed E-state index contributed by atoms with van der Waals surface area (Å²) in [7, 11) is 2.01. The summed E-state index contributed by atoms with van der Waals surface area (Å²) in [4.78, 5) is 21.2. The van der Waals surface area contributed by atoms with E-state index in [9.17, 15) is 22.4 Å². The standard InChI is InChI=1S/C30H36F4N4O2/c1-29(2,3)40-28(39)37-14-12-22(13-15-37)27-35-26(23-10-11-25(31)24(18-23)30(32,33)34)20-38(27)17-16-36(4)19-21-8-6-5-7-9-21/h5-11,18,20,22H,12-17,19H2,1-4H3. The Kier molecular flexibility index (Phi) is 8.87. The molecule has 0 unspecified atom stereocenters. The number of amides is 1. The second-order valence-electron chi connectivity index (χ2n) is 11.3. The predicted octanol–water partition coefficient (Wildman–Crippen LogP) is 6.95. The number of benzene rings is 2. The van der Waals surface area contributed by atoms with Gasteiger partial charge in [-0.05, 0) is 64.4 Å².